The van der Waals surface area contributed by atoms with Crippen LogP contribution in [-0.4, -0.2) is 42.9 Å². The summed E-state index contributed by atoms with van der Waals surface area (Å²) in [4.78, 5) is 28.9. The van der Waals surface area contributed by atoms with Crippen LogP contribution in [-0.2, 0) is 14.3 Å². The average molecular weight is 358 g/mol. The maximum atomic E-state index is 13.3. The number of rotatable bonds is 2. The average Bonchev–Trinajstić information content (AvgIpc) is 3.15. The molecule has 1 aromatic heterocycles. The first kappa shape index (κ1) is 16.5. The van der Waals surface area contributed by atoms with Crippen molar-refractivity contribution in [2.24, 2.45) is 0 Å². The van der Waals surface area contributed by atoms with E-state index in [1.165, 1.54) is 0 Å². The van der Waals surface area contributed by atoms with Gasteiger partial charge >= 0.3 is 0 Å². The number of hydrogen-bond donors (Lipinski definition) is 1. The number of nitrogens with zero attached hydrogens (tertiary/aromatic N) is 1. The van der Waals surface area contributed by atoms with Crippen LogP contribution in [0, 0.1) is 0 Å². The van der Waals surface area contributed by atoms with Gasteiger partial charge in [-0.15, -0.1) is 11.3 Å². The first-order valence-electron chi connectivity index (χ1n) is 8.81. The van der Waals surface area contributed by atoms with Crippen LogP contribution in [0.5, 0.6) is 0 Å². The molecule has 1 aliphatic carbocycles. The Bertz CT molecular complexity index is 758. The van der Waals surface area contributed by atoms with E-state index in [1.54, 1.807) is 11.3 Å². The molecule has 1 atom stereocenters. The molecule has 0 saturated carbocycles. The van der Waals surface area contributed by atoms with Crippen molar-refractivity contribution < 1.29 is 14.3 Å². The molecule has 1 saturated heterocycles. The minimum absolute atomic E-state index is 0.0247. The van der Waals surface area contributed by atoms with Gasteiger partial charge in [0.2, 0.25) is 0 Å². The molecule has 6 heteroatoms. The number of hydrogen-bond acceptors (Lipinski definition) is 5. The number of carbonyl (C=O) groups excluding carboxylic acids is 2. The summed E-state index contributed by atoms with van der Waals surface area (Å²) >= 11 is 1.61. The van der Waals surface area contributed by atoms with Gasteiger partial charge in [0.25, 0.3) is 5.91 Å². The van der Waals surface area contributed by atoms with Gasteiger partial charge in [0.1, 0.15) is 0 Å². The van der Waals surface area contributed by atoms with Gasteiger partial charge in [0, 0.05) is 46.9 Å². The van der Waals surface area contributed by atoms with E-state index in [2.05, 4.69) is 5.32 Å². The molecule has 5 nitrogen and oxygen atoms in total. The van der Waals surface area contributed by atoms with Gasteiger partial charge in [-0.05, 0) is 31.2 Å². The zero-order valence-corrected chi connectivity index (χ0v) is 15.2. The van der Waals surface area contributed by atoms with E-state index >= 15 is 0 Å². The molecule has 2 aliphatic heterocycles. The lowest BCUT2D eigenvalue weighted by molar-refractivity contribution is -0.131. The van der Waals surface area contributed by atoms with E-state index in [0.717, 1.165) is 40.3 Å². The first-order valence-corrected chi connectivity index (χ1v) is 9.69. The first-order chi connectivity index (χ1) is 12.2. The van der Waals surface area contributed by atoms with Gasteiger partial charge in [-0.1, -0.05) is 6.07 Å². The van der Waals surface area contributed by atoms with E-state index < -0.39 is 0 Å². The van der Waals surface area contributed by atoms with Gasteiger partial charge in [0.15, 0.2) is 5.78 Å². The number of carbonyl (C=O) groups is 2. The van der Waals surface area contributed by atoms with Crippen LogP contribution in [0.2, 0.25) is 0 Å². The number of amides is 1. The van der Waals surface area contributed by atoms with Crippen LogP contribution in [0.3, 0.4) is 0 Å². The predicted octanol–water partition coefficient (Wildman–Crippen LogP) is 2.57. The van der Waals surface area contributed by atoms with Crippen LogP contribution >= 0.6 is 11.3 Å². The van der Waals surface area contributed by atoms with Crippen LogP contribution in [0.15, 0.2) is 40.1 Å². The van der Waals surface area contributed by atoms with Crippen molar-refractivity contribution in [1.82, 2.24) is 10.2 Å². The van der Waals surface area contributed by atoms with Crippen molar-refractivity contribution in [3.8, 4) is 0 Å². The highest BCUT2D eigenvalue weighted by molar-refractivity contribution is 7.10. The number of thiophene rings is 1. The summed E-state index contributed by atoms with van der Waals surface area (Å²) < 4.78 is 5.38. The molecule has 3 heterocycles. The van der Waals surface area contributed by atoms with Gasteiger partial charge < -0.3 is 15.0 Å². The molecule has 4 rings (SSSR count). The molecule has 0 radical (unpaired) electrons. The number of morpholine rings is 1. The van der Waals surface area contributed by atoms with Crippen molar-refractivity contribution in [3.63, 3.8) is 0 Å². The molecule has 0 aromatic carbocycles. The second kappa shape index (κ2) is 6.77. The van der Waals surface area contributed by atoms with Gasteiger partial charge in [-0.25, -0.2) is 0 Å². The lowest BCUT2D eigenvalue weighted by Gasteiger charge is -2.36. The number of ketones is 1. The van der Waals surface area contributed by atoms with Gasteiger partial charge in [0.05, 0.1) is 19.1 Å². The Labute approximate surface area is 151 Å². The van der Waals surface area contributed by atoms with Crippen molar-refractivity contribution in [1.29, 1.82) is 0 Å². The number of allylic oxidation sites excluding steroid dienone is 3. The molecule has 0 spiro atoms. The maximum Gasteiger partial charge on any atom is 0.252 e. The summed E-state index contributed by atoms with van der Waals surface area (Å²) in [6.45, 7) is 4.31. The molecule has 25 heavy (non-hydrogen) atoms. The quantitative estimate of drug-likeness (QED) is 0.883. The molecule has 1 fully saturated rings. The number of Topliss-reactive ketones (excluding diaryl/α,β-unsaturated/α-hetero) is 1. The molecule has 0 bridgehead atoms. The Morgan fingerprint density at radius 3 is 2.84 bits per heavy atom. The normalized spacial score (nSPS) is 24.3. The van der Waals surface area contributed by atoms with E-state index in [-0.39, 0.29) is 17.6 Å². The lowest BCUT2D eigenvalue weighted by atomic mass is 9.77. The topological polar surface area (TPSA) is 58.6 Å². The van der Waals surface area contributed by atoms with Crippen molar-refractivity contribution >= 4 is 23.0 Å². The Hall–Kier alpha value is -1.92. The molecular weight excluding hydrogens is 336 g/mol. The fraction of sp³-hybridized carbons (Fsp3) is 0.474. The SMILES string of the molecule is CC1=C(C(=O)N2CCOCC2)[C@@H](c2cccs2)C2=C(CCCC2=O)N1. The van der Waals surface area contributed by atoms with E-state index in [9.17, 15) is 9.59 Å². The Kier molecular flexibility index (Phi) is 4.48. The van der Waals surface area contributed by atoms with Crippen LogP contribution in [0.4, 0.5) is 0 Å². The van der Waals surface area contributed by atoms with Crippen molar-refractivity contribution in [3.05, 3.63) is 44.9 Å². The summed E-state index contributed by atoms with van der Waals surface area (Å²) in [6.07, 6.45) is 2.32. The van der Waals surface area contributed by atoms with E-state index in [0.29, 0.717) is 32.7 Å². The second-order valence-corrected chi connectivity index (χ2v) is 7.66. The van der Waals surface area contributed by atoms with Crippen molar-refractivity contribution in [2.75, 3.05) is 26.3 Å². The Morgan fingerprint density at radius 2 is 2.12 bits per heavy atom. The summed E-state index contributed by atoms with van der Waals surface area (Å²) in [5.41, 5.74) is 3.41. The monoisotopic (exact) mass is 358 g/mol. The third-order valence-corrected chi connectivity index (χ3v) is 6.07. The summed E-state index contributed by atoms with van der Waals surface area (Å²) in [6, 6.07) is 4.02. The molecule has 1 aromatic rings. The van der Waals surface area contributed by atoms with Gasteiger partial charge in [-0.3, -0.25) is 9.59 Å². The van der Waals surface area contributed by atoms with Crippen LogP contribution in [0.1, 0.15) is 37.0 Å². The van der Waals surface area contributed by atoms with E-state index in [4.69, 9.17) is 4.74 Å². The summed E-state index contributed by atoms with van der Waals surface area (Å²) in [5, 5.41) is 5.39. The fourth-order valence-electron chi connectivity index (χ4n) is 3.94. The minimum atomic E-state index is -0.237. The molecule has 3 aliphatic rings. The fourth-order valence-corrected chi connectivity index (χ4v) is 4.79. The third kappa shape index (κ3) is 2.93. The Morgan fingerprint density at radius 1 is 1.32 bits per heavy atom. The van der Waals surface area contributed by atoms with Crippen molar-refractivity contribution in [2.45, 2.75) is 32.1 Å². The summed E-state index contributed by atoms with van der Waals surface area (Å²) in [5.74, 6) is -0.0389. The Balaban J connectivity index is 1.78. The minimum Gasteiger partial charge on any atom is -0.378 e. The largest absolute Gasteiger partial charge is 0.378 e. The van der Waals surface area contributed by atoms with Crippen LogP contribution in [0.25, 0.3) is 0 Å². The maximum absolute atomic E-state index is 13.3. The lowest BCUT2D eigenvalue weighted by Crippen LogP contribution is -2.44. The van der Waals surface area contributed by atoms with Gasteiger partial charge in [-0.2, -0.15) is 0 Å². The summed E-state index contributed by atoms with van der Waals surface area (Å²) in [7, 11) is 0. The number of nitrogens with one attached hydrogen (secondary N) is 1. The second-order valence-electron chi connectivity index (χ2n) is 6.69. The van der Waals surface area contributed by atoms with Crippen LogP contribution < -0.4 is 5.32 Å². The predicted molar refractivity (Wildman–Crippen MR) is 96.2 cm³/mol. The zero-order chi connectivity index (χ0) is 17.4. The zero-order valence-electron chi connectivity index (χ0n) is 14.3. The number of ether oxygens (including phenoxy) is 1. The molecule has 0 unspecified atom stereocenters. The van der Waals surface area contributed by atoms with E-state index in [1.807, 2.05) is 29.3 Å². The standard InChI is InChI=1S/C19H22N2O3S/c1-12-16(19(23)21-7-9-24-10-8-21)18(15-6-3-11-25-15)17-13(20-12)4-2-5-14(17)22/h3,6,11,18,20H,2,4-5,7-10H2,1H3/t18-/m1/s1. The molecule has 1 amide bonds. The molecule has 1 N–H and O–H groups in total. The molecular formula is C19H22N2O3S. The smallest absolute Gasteiger partial charge is 0.252 e. The third-order valence-electron chi connectivity index (χ3n) is 5.13. The highest BCUT2D eigenvalue weighted by atomic mass is 32.1. The highest BCUT2D eigenvalue weighted by Crippen LogP contribution is 2.44. The number of dihydropyridines is 1. The highest BCUT2D eigenvalue weighted by Gasteiger charge is 2.40. The molecule has 132 valence electrons.